The third kappa shape index (κ3) is 3.09. The minimum atomic E-state index is -1.02. The molecule has 0 saturated heterocycles. The summed E-state index contributed by atoms with van der Waals surface area (Å²) >= 11 is 0. The molecule has 1 heterocycles. The molecule has 3 aromatic carbocycles. The molecule has 4 aromatic rings. The van der Waals surface area contributed by atoms with Crippen LogP contribution in [0.5, 0.6) is 5.75 Å². The number of phenolic OH excluding ortho intramolecular Hbond substituents is 1. The van der Waals surface area contributed by atoms with Crippen molar-refractivity contribution in [1.29, 1.82) is 5.41 Å². The summed E-state index contributed by atoms with van der Waals surface area (Å²) in [7, 11) is 0. The standard InChI is InChI=1S/C22H17F2N3O/c23-14-10-17(21(28)18(24)11-14)20-16(8-12-4-2-1-3-5-12)15-9-13(22(25)26)6-7-19(15)27-20/h1-7,9-11,27-28H,8H2,(H3,25,26). The molecule has 4 nitrogen and oxygen atoms in total. The quantitative estimate of drug-likeness (QED) is 0.307. The van der Waals surface area contributed by atoms with Gasteiger partial charge in [0.05, 0.1) is 5.69 Å². The maximum atomic E-state index is 14.0. The minimum absolute atomic E-state index is 0.0454. The fourth-order valence-corrected chi connectivity index (χ4v) is 3.39. The first-order chi connectivity index (χ1) is 13.4. The van der Waals surface area contributed by atoms with Crippen LogP contribution in [0.4, 0.5) is 8.78 Å². The van der Waals surface area contributed by atoms with E-state index in [0.717, 1.165) is 28.1 Å². The van der Waals surface area contributed by atoms with Crippen LogP contribution in [0, 0.1) is 17.0 Å². The molecule has 0 saturated carbocycles. The molecular weight excluding hydrogens is 360 g/mol. The Morgan fingerprint density at radius 2 is 1.79 bits per heavy atom. The number of fused-ring (bicyclic) bond motifs is 1. The average Bonchev–Trinajstić information content (AvgIpc) is 3.03. The first-order valence-corrected chi connectivity index (χ1v) is 8.65. The van der Waals surface area contributed by atoms with Crippen LogP contribution in [0.15, 0.2) is 60.7 Å². The van der Waals surface area contributed by atoms with Crippen molar-refractivity contribution in [3.05, 3.63) is 89.0 Å². The van der Waals surface area contributed by atoms with Crippen molar-refractivity contribution in [2.45, 2.75) is 6.42 Å². The molecule has 0 bridgehead atoms. The molecule has 140 valence electrons. The Morgan fingerprint density at radius 3 is 2.50 bits per heavy atom. The van der Waals surface area contributed by atoms with Gasteiger partial charge in [-0.15, -0.1) is 0 Å². The molecule has 6 heteroatoms. The van der Waals surface area contributed by atoms with Gasteiger partial charge in [0.1, 0.15) is 11.7 Å². The van der Waals surface area contributed by atoms with Gasteiger partial charge in [0.15, 0.2) is 11.6 Å². The molecule has 0 unspecified atom stereocenters. The van der Waals surface area contributed by atoms with Crippen molar-refractivity contribution in [2.75, 3.05) is 0 Å². The topological polar surface area (TPSA) is 85.9 Å². The molecule has 0 aliphatic heterocycles. The van der Waals surface area contributed by atoms with Crippen LogP contribution in [0.1, 0.15) is 16.7 Å². The lowest BCUT2D eigenvalue weighted by Gasteiger charge is -2.09. The first kappa shape index (κ1) is 17.7. The summed E-state index contributed by atoms with van der Waals surface area (Å²) < 4.78 is 27.8. The molecule has 5 N–H and O–H groups in total. The molecule has 0 aliphatic rings. The normalized spacial score (nSPS) is 11.1. The summed E-state index contributed by atoms with van der Waals surface area (Å²) in [6, 6.07) is 16.6. The molecule has 0 spiro atoms. The second-order valence-corrected chi connectivity index (χ2v) is 6.60. The Hall–Kier alpha value is -3.67. The fourth-order valence-electron chi connectivity index (χ4n) is 3.39. The van der Waals surface area contributed by atoms with E-state index in [9.17, 15) is 13.9 Å². The Balaban J connectivity index is 2.00. The number of hydrogen-bond donors (Lipinski definition) is 4. The van der Waals surface area contributed by atoms with Crippen molar-refractivity contribution in [3.8, 4) is 17.0 Å². The van der Waals surface area contributed by atoms with Gasteiger partial charge in [0.25, 0.3) is 0 Å². The largest absolute Gasteiger partial charge is 0.504 e. The molecule has 0 fully saturated rings. The zero-order chi connectivity index (χ0) is 19.8. The van der Waals surface area contributed by atoms with Crippen LogP contribution < -0.4 is 5.73 Å². The number of H-pyrrole nitrogens is 1. The van der Waals surface area contributed by atoms with Gasteiger partial charge in [-0.2, -0.15) is 0 Å². The lowest BCUT2D eigenvalue weighted by molar-refractivity contribution is 0.430. The SMILES string of the molecule is N=C(N)c1ccc2[nH]c(-c3cc(F)cc(F)c3O)c(Cc3ccccc3)c2c1. The number of rotatable bonds is 4. The van der Waals surface area contributed by atoms with Gasteiger partial charge in [-0.1, -0.05) is 30.3 Å². The number of aromatic nitrogens is 1. The van der Waals surface area contributed by atoms with E-state index in [1.807, 2.05) is 30.3 Å². The van der Waals surface area contributed by atoms with E-state index in [-0.39, 0.29) is 11.4 Å². The smallest absolute Gasteiger partial charge is 0.168 e. The first-order valence-electron chi connectivity index (χ1n) is 8.65. The third-order valence-corrected chi connectivity index (χ3v) is 4.74. The van der Waals surface area contributed by atoms with Gasteiger partial charge in [0, 0.05) is 34.5 Å². The van der Waals surface area contributed by atoms with Crippen molar-refractivity contribution >= 4 is 16.7 Å². The lowest BCUT2D eigenvalue weighted by Crippen LogP contribution is -2.10. The zero-order valence-corrected chi connectivity index (χ0v) is 14.8. The summed E-state index contributed by atoms with van der Waals surface area (Å²) in [6.45, 7) is 0. The van der Waals surface area contributed by atoms with E-state index in [1.54, 1.807) is 18.2 Å². The molecule has 1 aromatic heterocycles. The van der Waals surface area contributed by atoms with E-state index in [1.165, 1.54) is 0 Å². The Labute approximate surface area is 159 Å². The van der Waals surface area contributed by atoms with Crippen molar-refractivity contribution in [3.63, 3.8) is 0 Å². The monoisotopic (exact) mass is 377 g/mol. The second-order valence-electron chi connectivity index (χ2n) is 6.60. The lowest BCUT2D eigenvalue weighted by atomic mass is 9.97. The van der Waals surface area contributed by atoms with Crippen LogP contribution in [-0.2, 0) is 6.42 Å². The molecular formula is C22H17F2N3O. The van der Waals surface area contributed by atoms with Gasteiger partial charge in [0.2, 0.25) is 0 Å². The van der Waals surface area contributed by atoms with E-state index >= 15 is 0 Å². The average molecular weight is 377 g/mol. The third-order valence-electron chi connectivity index (χ3n) is 4.74. The van der Waals surface area contributed by atoms with Crippen molar-refractivity contribution < 1.29 is 13.9 Å². The number of nitrogen functional groups attached to an aromatic ring is 1. The Kier molecular flexibility index (Phi) is 4.31. The zero-order valence-electron chi connectivity index (χ0n) is 14.8. The number of benzene rings is 3. The summed E-state index contributed by atoms with van der Waals surface area (Å²) in [5.74, 6) is -2.49. The van der Waals surface area contributed by atoms with Crippen molar-refractivity contribution in [1.82, 2.24) is 4.98 Å². The van der Waals surface area contributed by atoms with Gasteiger partial charge in [-0.3, -0.25) is 5.41 Å². The number of hydrogen-bond acceptors (Lipinski definition) is 2. The van der Waals surface area contributed by atoms with Crippen LogP contribution in [0.2, 0.25) is 0 Å². The van der Waals surface area contributed by atoms with Gasteiger partial charge in [-0.25, -0.2) is 8.78 Å². The summed E-state index contributed by atoms with van der Waals surface area (Å²) in [6.07, 6.45) is 0.467. The molecule has 4 rings (SSSR count). The highest BCUT2D eigenvalue weighted by Gasteiger charge is 2.20. The number of aromatic hydroxyl groups is 1. The van der Waals surface area contributed by atoms with Crippen LogP contribution in [0.3, 0.4) is 0 Å². The van der Waals surface area contributed by atoms with Crippen molar-refractivity contribution in [2.24, 2.45) is 5.73 Å². The van der Waals surface area contributed by atoms with Crippen LogP contribution >= 0.6 is 0 Å². The highest BCUT2D eigenvalue weighted by molar-refractivity contribution is 6.01. The van der Waals surface area contributed by atoms with Gasteiger partial charge < -0.3 is 15.8 Å². The van der Waals surface area contributed by atoms with E-state index < -0.39 is 17.4 Å². The predicted octanol–water partition coefficient (Wildman–Crippen LogP) is 4.69. The maximum absolute atomic E-state index is 14.0. The number of phenols is 1. The second kappa shape index (κ2) is 6.81. The van der Waals surface area contributed by atoms with Crippen LogP contribution in [0.25, 0.3) is 22.2 Å². The Bertz CT molecular complexity index is 1200. The Morgan fingerprint density at radius 1 is 1.04 bits per heavy atom. The van der Waals surface area contributed by atoms with Gasteiger partial charge >= 0.3 is 0 Å². The number of amidine groups is 1. The summed E-state index contributed by atoms with van der Waals surface area (Å²) in [4.78, 5) is 3.16. The number of halogens is 2. The number of aromatic amines is 1. The molecule has 0 amide bonds. The highest BCUT2D eigenvalue weighted by Crippen LogP contribution is 2.38. The van der Waals surface area contributed by atoms with E-state index in [0.29, 0.717) is 23.7 Å². The van der Waals surface area contributed by atoms with E-state index in [4.69, 9.17) is 11.1 Å². The maximum Gasteiger partial charge on any atom is 0.168 e. The van der Waals surface area contributed by atoms with Gasteiger partial charge in [-0.05, 0) is 35.4 Å². The minimum Gasteiger partial charge on any atom is -0.504 e. The number of nitrogens with two attached hydrogens (primary N) is 1. The molecule has 0 radical (unpaired) electrons. The summed E-state index contributed by atoms with van der Waals surface area (Å²) in [5, 5.41) is 18.7. The molecule has 0 aliphatic carbocycles. The number of nitrogens with one attached hydrogen (secondary N) is 2. The molecule has 28 heavy (non-hydrogen) atoms. The van der Waals surface area contributed by atoms with Crippen LogP contribution in [-0.4, -0.2) is 15.9 Å². The van der Waals surface area contributed by atoms with E-state index in [2.05, 4.69) is 4.98 Å². The molecule has 0 atom stereocenters. The predicted molar refractivity (Wildman–Crippen MR) is 106 cm³/mol. The summed E-state index contributed by atoms with van der Waals surface area (Å²) in [5.41, 5.74) is 9.10. The fraction of sp³-hybridized carbons (Fsp3) is 0.0455. The highest BCUT2D eigenvalue weighted by atomic mass is 19.1.